The number of pyridine rings is 1. The summed E-state index contributed by atoms with van der Waals surface area (Å²) >= 11 is 5.92. The van der Waals surface area contributed by atoms with Gasteiger partial charge in [-0.2, -0.15) is 5.10 Å². The van der Waals surface area contributed by atoms with E-state index in [2.05, 4.69) is 15.4 Å². The van der Waals surface area contributed by atoms with Crippen molar-refractivity contribution < 1.29 is 13.6 Å². The van der Waals surface area contributed by atoms with Gasteiger partial charge in [0.15, 0.2) is 5.65 Å². The quantitative estimate of drug-likeness (QED) is 0.468. The van der Waals surface area contributed by atoms with Crippen molar-refractivity contribution in [3.8, 4) is 11.1 Å². The van der Waals surface area contributed by atoms with Crippen molar-refractivity contribution in [1.29, 1.82) is 0 Å². The molecule has 0 saturated carbocycles. The lowest BCUT2D eigenvalue weighted by Crippen LogP contribution is -2.15. The van der Waals surface area contributed by atoms with Crippen LogP contribution in [0.3, 0.4) is 0 Å². The van der Waals surface area contributed by atoms with E-state index >= 15 is 0 Å². The first-order valence-electron chi connectivity index (χ1n) is 9.16. The highest BCUT2D eigenvalue weighted by atomic mass is 35.5. The molecular weight excluding hydrogens is 410 g/mol. The van der Waals surface area contributed by atoms with E-state index in [1.165, 1.54) is 24.5 Å². The summed E-state index contributed by atoms with van der Waals surface area (Å²) < 4.78 is 28.5. The Labute approximate surface area is 176 Å². The molecule has 0 aliphatic carbocycles. The van der Waals surface area contributed by atoms with Crippen LogP contribution in [-0.4, -0.2) is 20.5 Å². The number of hydrogen-bond acceptors (Lipinski definition) is 3. The topological polar surface area (TPSA) is 59.3 Å². The minimum Gasteiger partial charge on any atom is -0.326 e. The maximum Gasteiger partial charge on any atom is 0.271 e. The summed E-state index contributed by atoms with van der Waals surface area (Å²) in [6, 6.07) is 15.4. The maximum absolute atomic E-state index is 13.4. The molecule has 4 aromatic rings. The van der Waals surface area contributed by atoms with Crippen molar-refractivity contribution in [2.45, 2.75) is 19.3 Å². The zero-order valence-corrected chi connectivity index (χ0v) is 16.7. The monoisotopic (exact) mass is 426 g/mol. The van der Waals surface area contributed by atoms with E-state index in [1.807, 2.05) is 42.6 Å². The minimum atomic E-state index is -3.04. The average molecular weight is 427 g/mol. The molecule has 8 heteroatoms. The number of fused-ring (bicyclic) bond motifs is 1. The molecule has 2 aromatic carbocycles. The summed E-state index contributed by atoms with van der Waals surface area (Å²) in [6.07, 6.45) is 3.48. The van der Waals surface area contributed by atoms with Gasteiger partial charge in [0.25, 0.3) is 5.92 Å². The van der Waals surface area contributed by atoms with Crippen molar-refractivity contribution >= 4 is 28.8 Å². The highest BCUT2D eigenvalue weighted by Crippen LogP contribution is 2.34. The first kappa shape index (κ1) is 20.0. The molecule has 1 amide bonds. The Morgan fingerprint density at radius 3 is 2.57 bits per heavy atom. The number of nitrogens with zero attached hydrogens (tertiary/aromatic N) is 3. The molecule has 0 fully saturated rings. The Morgan fingerprint density at radius 1 is 1.10 bits per heavy atom. The number of benzene rings is 2. The molecule has 0 radical (unpaired) electrons. The molecule has 0 spiro atoms. The van der Waals surface area contributed by atoms with Crippen LogP contribution >= 0.6 is 11.6 Å². The summed E-state index contributed by atoms with van der Waals surface area (Å²) in [6.45, 7) is 0.778. The predicted molar refractivity (Wildman–Crippen MR) is 112 cm³/mol. The standard InChI is InChI=1S/C22H17ClF2N4O/c1-22(24,25)18-7-6-17(12-19(18)23)28-21(30)10-14-2-4-15(5-3-14)16-8-9-29-20(11-16)26-13-27-29/h2-9,11-13H,10H2,1H3,(H,28,30). The van der Waals surface area contributed by atoms with Crippen LogP contribution in [0, 0.1) is 0 Å². The Kier molecular flexibility index (Phi) is 5.22. The molecule has 2 heterocycles. The van der Waals surface area contributed by atoms with Gasteiger partial charge < -0.3 is 5.32 Å². The third-order valence-corrected chi connectivity index (χ3v) is 4.97. The van der Waals surface area contributed by atoms with Crippen molar-refractivity contribution in [2.24, 2.45) is 0 Å². The van der Waals surface area contributed by atoms with Gasteiger partial charge >= 0.3 is 0 Å². The fraction of sp³-hybridized carbons (Fsp3) is 0.136. The van der Waals surface area contributed by atoms with Crippen LogP contribution in [0.5, 0.6) is 0 Å². The molecule has 1 N–H and O–H groups in total. The SMILES string of the molecule is CC(F)(F)c1ccc(NC(=O)Cc2ccc(-c3ccn4ncnc4c3)cc2)cc1Cl. The molecule has 0 aliphatic rings. The second kappa shape index (κ2) is 7.84. The number of hydrogen-bond donors (Lipinski definition) is 1. The van der Waals surface area contributed by atoms with Crippen molar-refractivity contribution in [1.82, 2.24) is 14.6 Å². The van der Waals surface area contributed by atoms with Crippen LogP contribution in [0.4, 0.5) is 14.5 Å². The third kappa shape index (κ3) is 4.31. The van der Waals surface area contributed by atoms with Crippen LogP contribution in [0.2, 0.25) is 5.02 Å². The molecule has 4 rings (SSSR count). The molecule has 30 heavy (non-hydrogen) atoms. The van der Waals surface area contributed by atoms with Crippen molar-refractivity contribution in [2.75, 3.05) is 5.32 Å². The largest absolute Gasteiger partial charge is 0.326 e. The van der Waals surface area contributed by atoms with E-state index in [1.54, 1.807) is 4.52 Å². The Morgan fingerprint density at radius 2 is 1.87 bits per heavy atom. The van der Waals surface area contributed by atoms with Gasteiger partial charge in [-0.25, -0.2) is 18.3 Å². The van der Waals surface area contributed by atoms with Crippen LogP contribution in [0.15, 0.2) is 67.1 Å². The molecule has 0 bridgehead atoms. The molecule has 5 nitrogen and oxygen atoms in total. The number of rotatable bonds is 5. The van der Waals surface area contributed by atoms with Crippen LogP contribution in [-0.2, 0) is 17.1 Å². The predicted octanol–water partition coefficient (Wildman–Crippen LogP) is 5.34. The lowest BCUT2D eigenvalue weighted by atomic mass is 10.0. The van der Waals surface area contributed by atoms with Gasteiger partial charge in [-0.05, 0) is 47.0 Å². The Hall–Kier alpha value is -3.32. The van der Waals surface area contributed by atoms with Gasteiger partial charge in [0, 0.05) is 24.4 Å². The fourth-order valence-corrected chi connectivity index (χ4v) is 3.50. The number of alkyl halides is 2. The zero-order chi connectivity index (χ0) is 21.3. The molecule has 0 saturated heterocycles. The van der Waals surface area contributed by atoms with Gasteiger partial charge in [-0.3, -0.25) is 4.79 Å². The lowest BCUT2D eigenvalue weighted by molar-refractivity contribution is -0.115. The van der Waals surface area contributed by atoms with Crippen molar-refractivity contribution in [3.63, 3.8) is 0 Å². The fourth-order valence-electron chi connectivity index (χ4n) is 3.15. The second-order valence-corrected chi connectivity index (χ2v) is 7.39. The smallest absolute Gasteiger partial charge is 0.271 e. The minimum absolute atomic E-state index is 0.0886. The number of carbonyl (C=O) groups is 1. The summed E-state index contributed by atoms with van der Waals surface area (Å²) in [5.74, 6) is -3.31. The Balaban J connectivity index is 1.43. The first-order valence-corrected chi connectivity index (χ1v) is 9.54. The van der Waals surface area contributed by atoms with E-state index < -0.39 is 5.92 Å². The maximum atomic E-state index is 13.4. The van der Waals surface area contributed by atoms with Crippen molar-refractivity contribution in [3.05, 3.63) is 83.3 Å². The summed E-state index contributed by atoms with van der Waals surface area (Å²) in [4.78, 5) is 16.5. The number of anilines is 1. The number of aromatic nitrogens is 3. The van der Waals surface area contributed by atoms with Crippen LogP contribution < -0.4 is 5.32 Å². The van der Waals surface area contributed by atoms with Gasteiger partial charge in [0.2, 0.25) is 5.91 Å². The number of nitrogens with one attached hydrogen (secondary N) is 1. The van der Waals surface area contributed by atoms with Crippen LogP contribution in [0.25, 0.3) is 16.8 Å². The zero-order valence-electron chi connectivity index (χ0n) is 15.9. The molecule has 2 aromatic heterocycles. The molecular formula is C22H17ClF2N4O. The summed E-state index contributed by atoms with van der Waals surface area (Å²) in [5.41, 5.74) is 3.66. The number of amides is 1. The molecule has 0 aliphatic heterocycles. The van der Waals surface area contributed by atoms with Gasteiger partial charge in [-0.1, -0.05) is 35.9 Å². The van der Waals surface area contributed by atoms with Gasteiger partial charge in [0.05, 0.1) is 11.4 Å². The number of carbonyl (C=O) groups excluding carboxylic acids is 1. The lowest BCUT2D eigenvalue weighted by Gasteiger charge is -2.14. The van der Waals surface area contributed by atoms with E-state index in [9.17, 15) is 13.6 Å². The Bertz CT molecular complexity index is 1220. The van der Waals surface area contributed by atoms with E-state index in [0.29, 0.717) is 5.69 Å². The van der Waals surface area contributed by atoms with Crippen LogP contribution in [0.1, 0.15) is 18.1 Å². The van der Waals surface area contributed by atoms with E-state index in [4.69, 9.17) is 11.6 Å². The average Bonchev–Trinajstić information content (AvgIpc) is 3.15. The highest BCUT2D eigenvalue weighted by Gasteiger charge is 2.27. The normalized spacial score (nSPS) is 11.6. The second-order valence-electron chi connectivity index (χ2n) is 6.98. The van der Waals surface area contributed by atoms with E-state index in [-0.39, 0.29) is 22.9 Å². The summed E-state index contributed by atoms with van der Waals surface area (Å²) in [5, 5.41) is 6.67. The third-order valence-electron chi connectivity index (χ3n) is 4.66. The van der Waals surface area contributed by atoms with Gasteiger partial charge in [0.1, 0.15) is 6.33 Å². The van der Waals surface area contributed by atoms with E-state index in [0.717, 1.165) is 29.3 Å². The highest BCUT2D eigenvalue weighted by molar-refractivity contribution is 6.31. The molecule has 0 atom stereocenters. The summed E-state index contributed by atoms with van der Waals surface area (Å²) in [7, 11) is 0. The molecule has 152 valence electrons. The first-order chi connectivity index (χ1) is 14.3. The molecule has 0 unspecified atom stereocenters. The number of halogens is 3. The van der Waals surface area contributed by atoms with Gasteiger partial charge in [-0.15, -0.1) is 0 Å².